The third kappa shape index (κ3) is 2.77. The van der Waals surface area contributed by atoms with Crippen molar-refractivity contribution in [2.24, 2.45) is 0 Å². The van der Waals surface area contributed by atoms with Crippen molar-refractivity contribution in [3.8, 4) is 0 Å². The maximum absolute atomic E-state index is 13.6. The van der Waals surface area contributed by atoms with E-state index >= 15 is 0 Å². The minimum atomic E-state index is -0.368. The Morgan fingerprint density at radius 3 is 2.67 bits per heavy atom. The quantitative estimate of drug-likeness (QED) is 0.477. The number of aliphatic hydroxyl groups excluding tert-OH is 1. The van der Waals surface area contributed by atoms with E-state index < -0.39 is 0 Å². The van der Waals surface area contributed by atoms with Crippen molar-refractivity contribution in [3.05, 3.63) is 62.8 Å². The topological polar surface area (TPSA) is 80.2 Å². The molecule has 3 aromatic rings. The summed E-state index contributed by atoms with van der Waals surface area (Å²) in [5.74, 6) is 0.0366. The molecule has 0 bridgehead atoms. The number of aromatic nitrogens is 1. The summed E-state index contributed by atoms with van der Waals surface area (Å²) in [4.78, 5) is 19.4. The van der Waals surface area contributed by atoms with Crippen LogP contribution in [0.25, 0.3) is 10.9 Å². The number of H-pyrrole nitrogens is 1. The van der Waals surface area contributed by atoms with Crippen LogP contribution in [-0.2, 0) is 5.41 Å². The third-order valence-corrected chi connectivity index (χ3v) is 7.29. The molecular weight excluding hydrogens is 442 g/mol. The van der Waals surface area contributed by atoms with Gasteiger partial charge in [-0.25, -0.2) is 0 Å². The number of aliphatic hydroxyl groups is 1. The molecule has 1 saturated heterocycles. The predicted octanol–water partition coefficient (Wildman–Crippen LogP) is 4.76. The van der Waals surface area contributed by atoms with Gasteiger partial charge in [0, 0.05) is 51.4 Å². The van der Waals surface area contributed by atoms with Gasteiger partial charge < -0.3 is 20.4 Å². The minimum absolute atomic E-state index is 0.0366. The molecular formula is C24H24BrN3O2. The van der Waals surface area contributed by atoms with Crippen LogP contribution in [0.15, 0.2) is 34.8 Å². The SMILES string of the molecule is CC1(C)c2cc(N3CCC(O)CC3)c(Br)cc2C(=O)c2c1[nH]c1cc(C=N)ccc21. The van der Waals surface area contributed by atoms with Crippen molar-refractivity contribution in [2.45, 2.75) is 38.2 Å². The molecule has 6 heteroatoms. The molecule has 2 heterocycles. The largest absolute Gasteiger partial charge is 0.393 e. The standard InChI is InChI=1S/C24H24BrN3O2/c1-24(2)17-11-20(28-7-5-14(29)6-8-28)18(25)10-16(17)22(30)21-15-4-3-13(12-26)9-19(15)27-23(21)24/h3-4,9-12,14,26-27,29H,5-8H2,1-2H3. The second kappa shape index (κ2) is 6.79. The number of nitrogens with zero attached hydrogens (tertiary/aromatic N) is 1. The van der Waals surface area contributed by atoms with Crippen LogP contribution in [0.4, 0.5) is 5.69 Å². The van der Waals surface area contributed by atoms with Gasteiger partial charge in [0.25, 0.3) is 0 Å². The number of carbonyl (C=O) groups is 1. The lowest BCUT2D eigenvalue weighted by atomic mass is 9.71. The van der Waals surface area contributed by atoms with Crippen LogP contribution in [0.5, 0.6) is 0 Å². The molecule has 5 nitrogen and oxygen atoms in total. The molecule has 2 aliphatic rings. The van der Waals surface area contributed by atoms with Crippen LogP contribution < -0.4 is 4.90 Å². The average Bonchev–Trinajstić information content (AvgIpc) is 3.12. The van der Waals surface area contributed by atoms with Crippen LogP contribution in [0, 0.1) is 5.41 Å². The fourth-order valence-corrected chi connectivity index (χ4v) is 5.49. The zero-order valence-electron chi connectivity index (χ0n) is 17.1. The molecule has 30 heavy (non-hydrogen) atoms. The minimum Gasteiger partial charge on any atom is -0.393 e. The number of aromatic amines is 1. The smallest absolute Gasteiger partial charge is 0.195 e. The fraction of sp³-hybridized carbons (Fsp3) is 0.333. The van der Waals surface area contributed by atoms with Crippen LogP contribution in [0.3, 0.4) is 0 Å². The Morgan fingerprint density at radius 2 is 1.97 bits per heavy atom. The van der Waals surface area contributed by atoms with Gasteiger partial charge in [0.15, 0.2) is 5.78 Å². The molecule has 0 unspecified atom stereocenters. The van der Waals surface area contributed by atoms with Crippen molar-refractivity contribution in [1.82, 2.24) is 4.98 Å². The number of rotatable bonds is 2. The Morgan fingerprint density at radius 1 is 1.23 bits per heavy atom. The first-order chi connectivity index (χ1) is 14.3. The maximum atomic E-state index is 13.6. The number of fused-ring (bicyclic) bond motifs is 4. The highest BCUT2D eigenvalue weighted by Gasteiger charge is 2.40. The maximum Gasteiger partial charge on any atom is 0.195 e. The first-order valence-electron chi connectivity index (χ1n) is 10.3. The molecule has 2 aromatic carbocycles. The van der Waals surface area contributed by atoms with Gasteiger partial charge in [0.1, 0.15) is 0 Å². The van der Waals surface area contributed by atoms with Gasteiger partial charge >= 0.3 is 0 Å². The fourth-order valence-electron chi connectivity index (χ4n) is 4.89. The number of carbonyl (C=O) groups excluding carboxylic acids is 1. The Bertz CT molecular complexity index is 1200. The van der Waals surface area contributed by atoms with E-state index in [1.807, 2.05) is 24.3 Å². The summed E-state index contributed by atoms with van der Waals surface area (Å²) in [6, 6.07) is 9.85. The Kier molecular flexibility index (Phi) is 4.42. The van der Waals surface area contributed by atoms with Gasteiger partial charge in [0.05, 0.1) is 17.4 Å². The summed E-state index contributed by atoms with van der Waals surface area (Å²) in [6.45, 7) is 5.91. The summed E-state index contributed by atoms with van der Waals surface area (Å²) in [5, 5.41) is 18.3. The van der Waals surface area contributed by atoms with Crippen molar-refractivity contribution < 1.29 is 9.90 Å². The Balaban J connectivity index is 1.68. The molecule has 0 amide bonds. The molecule has 1 aromatic heterocycles. The van der Waals surface area contributed by atoms with Crippen molar-refractivity contribution in [1.29, 1.82) is 5.41 Å². The summed E-state index contributed by atoms with van der Waals surface area (Å²) in [7, 11) is 0. The second-order valence-corrected chi connectivity index (χ2v) is 9.70. The van der Waals surface area contributed by atoms with E-state index in [2.05, 4.69) is 45.7 Å². The lowest BCUT2D eigenvalue weighted by Gasteiger charge is -2.36. The first-order valence-corrected chi connectivity index (χ1v) is 11.1. The van der Waals surface area contributed by atoms with Gasteiger partial charge in [0.2, 0.25) is 0 Å². The summed E-state index contributed by atoms with van der Waals surface area (Å²) in [6.07, 6.45) is 2.61. The van der Waals surface area contributed by atoms with Crippen molar-refractivity contribution in [2.75, 3.05) is 18.0 Å². The second-order valence-electron chi connectivity index (χ2n) is 8.85. The van der Waals surface area contributed by atoms with Crippen molar-refractivity contribution in [3.63, 3.8) is 0 Å². The predicted molar refractivity (Wildman–Crippen MR) is 123 cm³/mol. The van der Waals surface area contributed by atoms with E-state index in [1.54, 1.807) is 0 Å². The van der Waals surface area contributed by atoms with Crippen LogP contribution in [-0.4, -0.2) is 41.3 Å². The van der Waals surface area contributed by atoms with E-state index in [-0.39, 0.29) is 17.3 Å². The number of halogens is 1. The van der Waals surface area contributed by atoms with Crippen LogP contribution in [0.1, 0.15) is 59.4 Å². The van der Waals surface area contributed by atoms with Gasteiger partial charge in [-0.3, -0.25) is 4.79 Å². The number of hydrogen-bond acceptors (Lipinski definition) is 4. The highest BCUT2D eigenvalue weighted by Crippen LogP contribution is 2.46. The molecule has 1 aliphatic carbocycles. The number of nitrogens with one attached hydrogen (secondary N) is 2. The highest BCUT2D eigenvalue weighted by molar-refractivity contribution is 9.10. The Labute approximate surface area is 183 Å². The summed E-state index contributed by atoms with van der Waals surface area (Å²) >= 11 is 3.70. The molecule has 0 saturated carbocycles. The molecule has 5 rings (SSSR count). The molecule has 3 N–H and O–H groups in total. The molecule has 1 fully saturated rings. The van der Waals surface area contributed by atoms with E-state index in [0.717, 1.165) is 74.9 Å². The average molecular weight is 466 g/mol. The molecule has 0 spiro atoms. The zero-order chi connectivity index (χ0) is 21.2. The summed E-state index contributed by atoms with van der Waals surface area (Å²) < 4.78 is 0.913. The van der Waals surface area contributed by atoms with Crippen LogP contribution in [0.2, 0.25) is 0 Å². The number of benzene rings is 2. The molecule has 1 aliphatic heterocycles. The number of piperidine rings is 1. The Hall–Kier alpha value is -2.44. The van der Waals surface area contributed by atoms with Gasteiger partial charge in [-0.1, -0.05) is 26.0 Å². The van der Waals surface area contributed by atoms with E-state index in [1.165, 1.54) is 6.21 Å². The van der Waals surface area contributed by atoms with E-state index in [9.17, 15) is 9.90 Å². The summed E-state index contributed by atoms with van der Waals surface area (Å²) in [5.41, 5.74) is 5.82. The number of ketones is 1. The van der Waals surface area contributed by atoms with Crippen molar-refractivity contribution >= 4 is 44.5 Å². The van der Waals surface area contributed by atoms with E-state index in [0.29, 0.717) is 0 Å². The highest BCUT2D eigenvalue weighted by atomic mass is 79.9. The monoisotopic (exact) mass is 465 g/mol. The van der Waals surface area contributed by atoms with E-state index in [4.69, 9.17) is 5.41 Å². The number of hydrogen-bond donors (Lipinski definition) is 3. The van der Waals surface area contributed by atoms with Gasteiger partial charge in [-0.15, -0.1) is 0 Å². The molecule has 0 radical (unpaired) electrons. The van der Waals surface area contributed by atoms with Crippen LogP contribution >= 0.6 is 15.9 Å². The zero-order valence-corrected chi connectivity index (χ0v) is 18.6. The molecule has 154 valence electrons. The van der Waals surface area contributed by atoms with Gasteiger partial charge in [-0.05, 0) is 58.1 Å². The first kappa shape index (κ1) is 19.5. The lowest BCUT2D eigenvalue weighted by molar-refractivity contribution is 0.103. The number of anilines is 1. The normalized spacial score (nSPS) is 18.4. The lowest BCUT2D eigenvalue weighted by Crippen LogP contribution is -2.37. The third-order valence-electron chi connectivity index (χ3n) is 6.65. The van der Waals surface area contributed by atoms with Gasteiger partial charge in [-0.2, -0.15) is 0 Å². The molecule has 0 atom stereocenters.